The minimum absolute atomic E-state index is 0.778. The van der Waals surface area contributed by atoms with Crippen LogP contribution in [0.1, 0.15) is 18.1 Å². The van der Waals surface area contributed by atoms with Crippen LogP contribution in [0.2, 0.25) is 0 Å². The molecule has 60 valence electrons. The van der Waals surface area contributed by atoms with E-state index in [-0.39, 0.29) is 0 Å². The zero-order chi connectivity index (χ0) is 8.43. The summed E-state index contributed by atoms with van der Waals surface area (Å²) in [5, 5.41) is 0. The molecule has 0 aliphatic heterocycles. The third-order valence-corrected chi connectivity index (χ3v) is 2.03. The molecule has 0 spiro atoms. The first-order valence-corrected chi connectivity index (χ1v) is 3.80. The Labute approximate surface area is 67.2 Å². The zero-order valence-corrected chi connectivity index (χ0v) is 7.02. The molecule has 2 nitrogen and oxygen atoms in total. The van der Waals surface area contributed by atoms with Crippen LogP contribution in [0.25, 0.3) is 0 Å². The Hall–Kier alpha value is -1.18. The number of hydrogen-bond acceptors (Lipinski definition) is 2. The highest BCUT2D eigenvalue weighted by molar-refractivity contribution is 5.64. The molecule has 0 fully saturated rings. The highest BCUT2D eigenvalue weighted by Gasteiger charge is 2.01. The van der Waals surface area contributed by atoms with E-state index in [1.807, 2.05) is 19.1 Å². The molecule has 0 saturated heterocycles. The van der Waals surface area contributed by atoms with Gasteiger partial charge in [-0.1, -0.05) is 13.0 Å². The van der Waals surface area contributed by atoms with E-state index < -0.39 is 0 Å². The van der Waals surface area contributed by atoms with E-state index in [4.69, 9.17) is 11.5 Å². The zero-order valence-electron chi connectivity index (χ0n) is 7.02. The maximum atomic E-state index is 5.81. The molecule has 0 aromatic heterocycles. The van der Waals surface area contributed by atoms with Crippen LogP contribution >= 0.6 is 0 Å². The molecule has 0 radical (unpaired) electrons. The highest BCUT2D eigenvalue weighted by Crippen LogP contribution is 2.22. The Morgan fingerprint density at radius 1 is 1.27 bits per heavy atom. The third kappa shape index (κ3) is 1.29. The SMILES string of the molecule is CCc1ccc(N)c(C)c1N. The highest BCUT2D eigenvalue weighted by atomic mass is 14.6. The molecule has 0 aliphatic rings. The van der Waals surface area contributed by atoms with Gasteiger partial charge in [-0.15, -0.1) is 0 Å². The summed E-state index contributed by atoms with van der Waals surface area (Å²) in [6.45, 7) is 4.03. The Balaban J connectivity index is 3.25. The molecule has 0 amide bonds. The molecule has 0 atom stereocenters. The first kappa shape index (κ1) is 7.92. The van der Waals surface area contributed by atoms with Crippen molar-refractivity contribution in [1.82, 2.24) is 0 Å². The second-order valence-electron chi connectivity index (χ2n) is 2.71. The summed E-state index contributed by atoms with van der Waals surface area (Å²) in [5.74, 6) is 0. The smallest absolute Gasteiger partial charge is 0.0396 e. The predicted octanol–water partition coefficient (Wildman–Crippen LogP) is 1.72. The van der Waals surface area contributed by atoms with Gasteiger partial charge in [-0.25, -0.2) is 0 Å². The summed E-state index contributed by atoms with van der Waals surface area (Å²) in [4.78, 5) is 0. The normalized spacial score (nSPS) is 10.0. The van der Waals surface area contributed by atoms with E-state index in [0.717, 1.165) is 23.4 Å². The van der Waals surface area contributed by atoms with Gasteiger partial charge in [0.15, 0.2) is 0 Å². The lowest BCUT2D eigenvalue weighted by Crippen LogP contribution is -1.99. The van der Waals surface area contributed by atoms with Crippen molar-refractivity contribution < 1.29 is 0 Å². The molecular formula is C9H14N2. The van der Waals surface area contributed by atoms with Crippen molar-refractivity contribution in [2.45, 2.75) is 20.3 Å². The summed E-state index contributed by atoms with van der Waals surface area (Å²) >= 11 is 0. The van der Waals surface area contributed by atoms with Gasteiger partial charge in [-0.3, -0.25) is 0 Å². The molecular weight excluding hydrogens is 136 g/mol. The molecule has 0 aliphatic carbocycles. The van der Waals surface area contributed by atoms with E-state index in [0.29, 0.717) is 0 Å². The first-order chi connectivity index (χ1) is 5.16. The fourth-order valence-electron chi connectivity index (χ4n) is 1.11. The molecule has 1 aromatic rings. The third-order valence-electron chi connectivity index (χ3n) is 2.03. The van der Waals surface area contributed by atoms with Crippen LogP contribution in [0.4, 0.5) is 11.4 Å². The molecule has 0 bridgehead atoms. The molecule has 1 rings (SSSR count). The van der Waals surface area contributed by atoms with Gasteiger partial charge in [0, 0.05) is 11.4 Å². The Kier molecular flexibility index (Phi) is 2.03. The second-order valence-corrected chi connectivity index (χ2v) is 2.71. The van der Waals surface area contributed by atoms with Gasteiger partial charge < -0.3 is 11.5 Å². The fourth-order valence-corrected chi connectivity index (χ4v) is 1.11. The van der Waals surface area contributed by atoms with Gasteiger partial charge in [0.25, 0.3) is 0 Å². The van der Waals surface area contributed by atoms with Crippen LogP contribution in [0.5, 0.6) is 0 Å². The van der Waals surface area contributed by atoms with Crippen molar-refractivity contribution in [1.29, 1.82) is 0 Å². The van der Waals surface area contributed by atoms with Crippen molar-refractivity contribution >= 4 is 11.4 Å². The number of anilines is 2. The lowest BCUT2D eigenvalue weighted by atomic mass is 10.1. The number of nitrogen functional groups attached to an aromatic ring is 2. The molecule has 0 unspecified atom stereocenters. The number of aryl methyl sites for hydroxylation is 1. The van der Waals surface area contributed by atoms with Crippen LogP contribution in [-0.4, -0.2) is 0 Å². The van der Waals surface area contributed by atoms with E-state index in [9.17, 15) is 0 Å². The fraction of sp³-hybridized carbons (Fsp3) is 0.333. The van der Waals surface area contributed by atoms with Crippen LogP contribution in [0.15, 0.2) is 12.1 Å². The number of hydrogen-bond donors (Lipinski definition) is 2. The summed E-state index contributed by atoms with van der Waals surface area (Å²) < 4.78 is 0. The number of rotatable bonds is 1. The lowest BCUT2D eigenvalue weighted by molar-refractivity contribution is 1.14. The Bertz CT molecular complexity index is 267. The van der Waals surface area contributed by atoms with E-state index >= 15 is 0 Å². The largest absolute Gasteiger partial charge is 0.398 e. The van der Waals surface area contributed by atoms with E-state index in [1.165, 1.54) is 5.56 Å². The predicted molar refractivity (Wildman–Crippen MR) is 49.4 cm³/mol. The average Bonchev–Trinajstić information content (AvgIpc) is 2.01. The monoisotopic (exact) mass is 150 g/mol. The van der Waals surface area contributed by atoms with Gasteiger partial charge in [0.1, 0.15) is 0 Å². The van der Waals surface area contributed by atoms with Crippen LogP contribution in [0.3, 0.4) is 0 Å². The quantitative estimate of drug-likeness (QED) is 0.599. The standard InChI is InChI=1S/C9H14N2/c1-3-7-4-5-8(10)6(2)9(7)11/h4-5H,3,10-11H2,1-2H3. The van der Waals surface area contributed by atoms with Crippen LogP contribution in [-0.2, 0) is 6.42 Å². The first-order valence-electron chi connectivity index (χ1n) is 3.80. The lowest BCUT2D eigenvalue weighted by Gasteiger charge is -2.08. The summed E-state index contributed by atoms with van der Waals surface area (Å²) in [6.07, 6.45) is 0.965. The van der Waals surface area contributed by atoms with Gasteiger partial charge in [0.2, 0.25) is 0 Å². The van der Waals surface area contributed by atoms with Crippen molar-refractivity contribution in [2.75, 3.05) is 11.5 Å². The van der Waals surface area contributed by atoms with E-state index in [2.05, 4.69) is 6.92 Å². The molecule has 2 heteroatoms. The molecule has 11 heavy (non-hydrogen) atoms. The molecule has 0 heterocycles. The summed E-state index contributed by atoms with van der Waals surface area (Å²) in [7, 11) is 0. The maximum absolute atomic E-state index is 5.81. The van der Waals surface area contributed by atoms with Crippen molar-refractivity contribution in [3.05, 3.63) is 23.3 Å². The number of benzene rings is 1. The van der Waals surface area contributed by atoms with Gasteiger partial charge in [0.05, 0.1) is 0 Å². The minimum Gasteiger partial charge on any atom is -0.398 e. The Morgan fingerprint density at radius 2 is 1.91 bits per heavy atom. The topological polar surface area (TPSA) is 52.0 Å². The minimum atomic E-state index is 0.778. The summed E-state index contributed by atoms with van der Waals surface area (Å²) in [6, 6.07) is 3.89. The number of nitrogens with two attached hydrogens (primary N) is 2. The molecule has 0 saturated carbocycles. The van der Waals surface area contributed by atoms with Gasteiger partial charge in [-0.05, 0) is 30.5 Å². The second kappa shape index (κ2) is 2.82. The van der Waals surface area contributed by atoms with E-state index in [1.54, 1.807) is 0 Å². The molecule has 4 N–H and O–H groups in total. The van der Waals surface area contributed by atoms with Crippen molar-refractivity contribution in [3.63, 3.8) is 0 Å². The molecule has 1 aromatic carbocycles. The van der Waals surface area contributed by atoms with Gasteiger partial charge in [-0.2, -0.15) is 0 Å². The van der Waals surface area contributed by atoms with Crippen molar-refractivity contribution in [3.8, 4) is 0 Å². The van der Waals surface area contributed by atoms with Crippen LogP contribution in [0, 0.1) is 6.92 Å². The Morgan fingerprint density at radius 3 is 2.45 bits per heavy atom. The van der Waals surface area contributed by atoms with Crippen molar-refractivity contribution in [2.24, 2.45) is 0 Å². The maximum Gasteiger partial charge on any atom is 0.0396 e. The average molecular weight is 150 g/mol. The van der Waals surface area contributed by atoms with Gasteiger partial charge >= 0.3 is 0 Å². The van der Waals surface area contributed by atoms with Crippen LogP contribution < -0.4 is 11.5 Å². The summed E-state index contributed by atoms with van der Waals surface area (Å²) in [5.41, 5.74) is 15.3.